The van der Waals surface area contributed by atoms with Gasteiger partial charge in [-0.3, -0.25) is 4.52 Å². The molecule has 7 nitrogen and oxygen atoms in total. The first-order valence-electron chi connectivity index (χ1n) is 8.07. The molecule has 0 saturated carbocycles. The summed E-state index contributed by atoms with van der Waals surface area (Å²) in [6.07, 6.45) is -0.914. The fraction of sp³-hybridized carbons (Fsp3) is 0.933. The molecule has 136 valence electrons. The lowest BCUT2D eigenvalue weighted by molar-refractivity contribution is -0.189. The first kappa shape index (κ1) is 22.5. The third-order valence-corrected chi connectivity index (χ3v) is 4.24. The Balaban J connectivity index is 5.47. The maximum absolute atomic E-state index is 13.1. The van der Waals surface area contributed by atoms with Gasteiger partial charge in [-0.2, -0.15) is 24.6 Å². The van der Waals surface area contributed by atoms with Crippen molar-refractivity contribution >= 4 is 7.82 Å². The Morgan fingerprint density at radius 2 is 1.09 bits per heavy atom. The Morgan fingerprint density at radius 3 is 1.30 bits per heavy atom. The molecule has 0 N–H and O–H groups in total. The van der Waals surface area contributed by atoms with Crippen molar-refractivity contribution in [1.82, 2.24) is 10.1 Å². The highest BCUT2D eigenvalue weighted by molar-refractivity contribution is 7.48. The molecule has 1 unspecified atom stereocenters. The maximum Gasteiger partial charge on any atom is 0.509 e. The Kier molecular flexibility index (Phi) is 9.53. The van der Waals surface area contributed by atoms with Gasteiger partial charge in [-0.15, -0.1) is 0 Å². The molecule has 0 spiro atoms. The Morgan fingerprint density at radius 1 is 0.783 bits per heavy atom. The lowest BCUT2D eigenvalue weighted by Crippen LogP contribution is -2.40. The topological polar surface area (TPSA) is 75.0 Å². The van der Waals surface area contributed by atoms with Gasteiger partial charge in [-0.05, 0) is 62.3 Å². The smallest absolute Gasteiger partial charge is 0.266 e. The molecule has 8 heteroatoms. The molecule has 0 amide bonds. The van der Waals surface area contributed by atoms with Gasteiger partial charge < -0.3 is 0 Å². The molecule has 0 saturated heterocycles. The molecule has 0 bridgehead atoms. The quantitative estimate of drug-likeness (QED) is 0.434. The minimum atomic E-state index is -3.99. The van der Waals surface area contributed by atoms with Gasteiger partial charge in [0.25, 0.3) is 0 Å². The van der Waals surface area contributed by atoms with Gasteiger partial charge in [-0.25, -0.2) is 4.57 Å². The normalized spacial score (nSPS) is 14.5. The van der Waals surface area contributed by atoms with Gasteiger partial charge in [0.1, 0.15) is 0 Å². The lowest BCUT2D eigenvalue weighted by Gasteiger charge is -2.36. The van der Waals surface area contributed by atoms with Crippen LogP contribution in [0.3, 0.4) is 0 Å². The number of hydrogen-bond donors (Lipinski definition) is 0. The van der Waals surface area contributed by atoms with Crippen molar-refractivity contribution < 1.29 is 18.3 Å². The molecule has 0 fully saturated rings. The van der Waals surface area contributed by atoms with E-state index in [0.717, 1.165) is 0 Å². The number of nitrogens with zero attached hydrogens (tertiary/aromatic N) is 3. The highest BCUT2D eigenvalue weighted by Gasteiger charge is 2.38. The molecule has 23 heavy (non-hydrogen) atoms. The second-order valence-corrected chi connectivity index (χ2v) is 8.01. The summed E-state index contributed by atoms with van der Waals surface area (Å²) in [6, 6.07) is 1.78. The summed E-state index contributed by atoms with van der Waals surface area (Å²) in [5.41, 5.74) is 0. The summed E-state index contributed by atoms with van der Waals surface area (Å²) in [5.74, 6) is 0. The largest absolute Gasteiger partial charge is 0.509 e. The van der Waals surface area contributed by atoms with Crippen LogP contribution in [-0.2, 0) is 18.3 Å². The van der Waals surface area contributed by atoms with Crippen molar-refractivity contribution in [3.63, 3.8) is 0 Å². The van der Waals surface area contributed by atoms with Crippen molar-refractivity contribution in [2.45, 2.75) is 92.6 Å². The van der Waals surface area contributed by atoms with E-state index in [0.29, 0.717) is 0 Å². The Bertz CT molecular complexity index is 393. The zero-order chi connectivity index (χ0) is 18.4. The van der Waals surface area contributed by atoms with E-state index in [4.69, 9.17) is 19.0 Å². The minimum Gasteiger partial charge on any atom is -0.266 e. The van der Waals surface area contributed by atoms with Crippen molar-refractivity contribution in [3.8, 4) is 6.07 Å². The molecule has 0 radical (unpaired) electrons. The Labute approximate surface area is 141 Å². The van der Waals surface area contributed by atoms with E-state index in [1.807, 2.05) is 61.5 Å². The molecule has 0 aromatic carbocycles. The second-order valence-electron chi connectivity index (χ2n) is 6.58. The van der Waals surface area contributed by atoms with Crippen LogP contribution in [0.4, 0.5) is 0 Å². The van der Waals surface area contributed by atoms with Crippen molar-refractivity contribution in [2.24, 2.45) is 0 Å². The molecular weight excluding hydrogens is 317 g/mol. The predicted octanol–water partition coefficient (Wildman–Crippen LogP) is 4.12. The fourth-order valence-electron chi connectivity index (χ4n) is 2.07. The molecule has 0 aliphatic rings. The van der Waals surface area contributed by atoms with E-state index in [2.05, 4.69) is 0 Å². The predicted molar refractivity (Wildman–Crippen MR) is 90.2 cm³/mol. The van der Waals surface area contributed by atoms with Crippen LogP contribution in [0, 0.1) is 11.3 Å². The molecule has 0 rings (SSSR count). The van der Waals surface area contributed by atoms with Gasteiger partial charge in [-0.1, -0.05) is 0 Å². The van der Waals surface area contributed by atoms with Gasteiger partial charge in [0.05, 0.1) is 6.07 Å². The molecule has 1 atom stereocenters. The van der Waals surface area contributed by atoms with E-state index in [1.165, 1.54) is 6.92 Å². The van der Waals surface area contributed by atoms with Gasteiger partial charge in [0, 0.05) is 24.2 Å². The van der Waals surface area contributed by atoms with Gasteiger partial charge in [0.15, 0.2) is 6.10 Å². The van der Waals surface area contributed by atoms with Crippen LogP contribution in [0.2, 0.25) is 0 Å². The maximum atomic E-state index is 13.1. The third-order valence-electron chi connectivity index (χ3n) is 2.89. The van der Waals surface area contributed by atoms with Crippen LogP contribution in [0.25, 0.3) is 0 Å². The first-order chi connectivity index (χ1) is 10.4. The summed E-state index contributed by atoms with van der Waals surface area (Å²) in [4.78, 5) is 0. The number of hydrogen-bond acceptors (Lipinski definition) is 7. The Hall–Kier alpha value is -0.480. The molecular formula is C15H32N3O4P. The number of phosphoric acid groups is 1. The molecule has 0 aromatic rings. The molecule has 0 aliphatic heterocycles. The van der Waals surface area contributed by atoms with E-state index >= 15 is 0 Å². The third kappa shape index (κ3) is 7.75. The van der Waals surface area contributed by atoms with Crippen LogP contribution >= 0.6 is 7.82 Å². The summed E-state index contributed by atoms with van der Waals surface area (Å²) >= 11 is 0. The van der Waals surface area contributed by atoms with E-state index in [9.17, 15) is 4.57 Å². The van der Waals surface area contributed by atoms with Crippen molar-refractivity contribution in [2.75, 3.05) is 0 Å². The first-order valence-corrected chi connectivity index (χ1v) is 9.53. The van der Waals surface area contributed by atoms with Crippen LogP contribution in [0.5, 0.6) is 0 Å². The summed E-state index contributed by atoms with van der Waals surface area (Å²) in [7, 11) is -3.99. The second kappa shape index (κ2) is 9.73. The van der Waals surface area contributed by atoms with E-state index < -0.39 is 13.9 Å². The highest BCUT2D eigenvalue weighted by Crippen LogP contribution is 2.53. The number of hydroxylamine groups is 4. The van der Waals surface area contributed by atoms with Crippen LogP contribution in [-0.4, -0.2) is 40.4 Å². The zero-order valence-corrected chi connectivity index (χ0v) is 16.7. The molecule has 0 heterocycles. The summed E-state index contributed by atoms with van der Waals surface area (Å²) < 4.78 is 29.7. The standard InChI is InChI=1S/C15H32N3O4P/c1-11(2)17(12(3)4)21-23(19,20-15(9)10-16)22-18(13(5)6)14(7)8/h11-15H,1-9H3. The van der Waals surface area contributed by atoms with Gasteiger partial charge >= 0.3 is 7.82 Å². The zero-order valence-electron chi connectivity index (χ0n) is 15.8. The SMILES string of the molecule is CC(C#N)OP(=O)(ON(C(C)C)C(C)C)ON(C(C)C)C(C)C. The summed E-state index contributed by atoms with van der Waals surface area (Å²) in [6.45, 7) is 16.8. The van der Waals surface area contributed by atoms with Crippen molar-refractivity contribution in [3.05, 3.63) is 0 Å². The monoisotopic (exact) mass is 349 g/mol. The average molecular weight is 349 g/mol. The number of rotatable bonds is 10. The summed E-state index contributed by atoms with van der Waals surface area (Å²) in [5, 5.41) is 12.1. The van der Waals surface area contributed by atoms with Crippen LogP contribution < -0.4 is 0 Å². The van der Waals surface area contributed by atoms with Crippen molar-refractivity contribution in [1.29, 1.82) is 5.26 Å². The van der Waals surface area contributed by atoms with E-state index in [1.54, 1.807) is 10.1 Å². The molecule has 0 aromatic heterocycles. The van der Waals surface area contributed by atoms with Crippen LogP contribution in [0.1, 0.15) is 62.3 Å². The minimum absolute atomic E-state index is 0.0283. The van der Waals surface area contributed by atoms with Crippen LogP contribution in [0.15, 0.2) is 0 Å². The lowest BCUT2D eigenvalue weighted by atomic mass is 10.3. The average Bonchev–Trinajstić information content (AvgIpc) is 2.41. The van der Waals surface area contributed by atoms with Gasteiger partial charge in [0.2, 0.25) is 0 Å². The molecule has 0 aliphatic carbocycles. The fourth-order valence-corrected chi connectivity index (χ4v) is 3.83. The van der Waals surface area contributed by atoms with E-state index in [-0.39, 0.29) is 24.2 Å². The number of nitriles is 1. The highest BCUT2D eigenvalue weighted by atomic mass is 31.2.